The Kier molecular flexibility index (Phi) is 8.55. The highest BCUT2D eigenvalue weighted by Gasteiger charge is 2.11. The van der Waals surface area contributed by atoms with Gasteiger partial charge in [0.1, 0.15) is 5.76 Å². The Morgan fingerprint density at radius 3 is 2.73 bits per heavy atom. The van der Waals surface area contributed by atoms with Gasteiger partial charge in [-0.05, 0) is 30.9 Å². The lowest BCUT2D eigenvalue weighted by Crippen LogP contribution is -2.05. The molecule has 1 heterocycles. The molecule has 2 aliphatic rings. The van der Waals surface area contributed by atoms with Crippen molar-refractivity contribution in [3.05, 3.63) is 48.8 Å². The molecule has 0 N–H and O–H groups in total. The minimum Gasteiger partial charge on any atom is -0.494 e. The van der Waals surface area contributed by atoms with Crippen molar-refractivity contribution in [3.63, 3.8) is 0 Å². The molecule has 84 valence electrons. The van der Waals surface area contributed by atoms with Crippen molar-refractivity contribution < 1.29 is 4.74 Å². The van der Waals surface area contributed by atoms with Crippen molar-refractivity contribution >= 4 is 0 Å². The summed E-state index contributed by atoms with van der Waals surface area (Å²) in [6.45, 7) is 10.9. The van der Waals surface area contributed by atoms with Gasteiger partial charge in [-0.1, -0.05) is 32.1 Å². The van der Waals surface area contributed by atoms with Gasteiger partial charge in [-0.15, -0.1) is 13.2 Å². The molecule has 0 aromatic rings. The summed E-state index contributed by atoms with van der Waals surface area (Å²) in [5, 5.41) is 0. The van der Waals surface area contributed by atoms with E-state index in [1.807, 2.05) is 13.8 Å². The highest BCUT2D eigenvalue weighted by molar-refractivity contribution is 5.33. The maximum atomic E-state index is 5.51. The monoisotopic (exact) mass is 206 g/mol. The zero-order valence-corrected chi connectivity index (χ0v) is 9.96. The van der Waals surface area contributed by atoms with E-state index in [9.17, 15) is 0 Å². The summed E-state index contributed by atoms with van der Waals surface area (Å²) in [7, 11) is 0. The summed E-state index contributed by atoms with van der Waals surface area (Å²) in [6.07, 6.45) is 11.9. The number of ether oxygens (including phenoxy) is 1. The quantitative estimate of drug-likeness (QED) is 0.534. The zero-order valence-electron chi connectivity index (χ0n) is 9.96. The molecule has 0 unspecified atom stereocenters. The molecule has 1 aliphatic heterocycles. The van der Waals surface area contributed by atoms with Crippen LogP contribution in [0.4, 0.5) is 0 Å². The van der Waals surface area contributed by atoms with Crippen molar-refractivity contribution in [2.75, 3.05) is 6.61 Å². The van der Waals surface area contributed by atoms with Crippen LogP contribution in [0.25, 0.3) is 0 Å². The fourth-order valence-corrected chi connectivity index (χ4v) is 1.45. The smallest absolute Gasteiger partial charge is 0.118 e. The number of rotatable bonds is 0. The molecule has 1 aliphatic carbocycles. The fraction of sp³-hybridized carbons (Fsp3) is 0.429. The SMILES string of the molecule is C1=CCC=C2OCCCC2=C1.C=C.CC. The van der Waals surface area contributed by atoms with Gasteiger partial charge in [0.2, 0.25) is 0 Å². The third-order valence-electron chi connectivity index (χ3n) is 2.04. The number of fused-ring (bicyclic) bond motifs is 1. The second-order valence-corrected chi connectivity index (χ2v) is 2.88. The summed E-state index contributed by atoms with van der Waals surface area (Å²) in [5.41, 5.74) is 1.37. The molecule has 0 bridgehead atoms. The second kappa shape index (κ2) is 9.32. The van der Waals surface area contributed by atoms with Crippen LogP contribution in [-0.4, -0.2) is 6.61 Å². The van der Waals surface area contributed by atoms with Crippen molar-refractivity contribution in [1.29, 1.82) is 0 Å². The van der Waals surface area contributed by atoms with E-state index in [2.05, 4.69) is 37.5 Å². The topological polar surface area (TPSA) is 9.23 Å². The van der Waals surface area contributed by atoms with Crippen LogP contribution >= 0.6 is 0 Å². The standard InChI is InChI=1S/C10H12O.C2H6.C2H4/c1-2-5-9-6-4-8-11-10(9)7-3-1;2*1-2/h1-2,5,7H,3-4,6,8H2;1-2H3;1-2H2. The first-order chi connectivity index (χ1) is 7.47. The van der Waals surface area contributed by atoms with Crippen LogP contribution in [-0.2, 0) is 4.74 Å². The predicted molar refractivity (Wildman–Crippen MR) is 67.7 cm³/mol. The molecule has 1 heteroatoms. The van der Waals surface area contributed by atoms with Crippen molar-refractivity contribution in [1.82, 2.24) is 0 Å². The molecule has 0 aromatic heterocycles. The maximum absolute atomic E-state index is 5.51. The molecule has 15 heavy (non-hydrogen) atoms. The van der Waals surface area contributed by atoms with Gasteiger partial charge in [0.25, 0.3) is 0 Å². The highest BCUT2D eigenvalue weighted by Crippen LogP contribution is 2.25. The van der Waals surface area contributed by atoms with Crippen LogP contribution in [0.3, 0.4) is 0 Å². The van der Waals surface area contributed by atoms with Crippen LogP contribution in [0.2, 0.25) is 0 Å². The van der Waals surface area contributed by atoms with Gasteiger partial charge in [-0.25, -0.2) is 0 Å². The lowest BCUT2D eigenvalue weighted by atomic mass is 10.1. The van der Waals surface area contributed by atoms with Gasteiger partial charge in [0.15, 0.2) is 0 Å². The van der Waals surface area contributed by atoms with Crippen molar-refractivity contribution in [3.8, 4) is 0 Å². The lowest BCUT2D eigenvalue weighted by molar-refractivity contribution is 0.193. The van der Waals surface area contributed by atoms with E-state index in [0.29, 0.717) is 0 Å². The molecule has 1 nitrogen and oxygen atoms in total. The minimum absolute atomic E-state index is 0.892. The third kappa shape index (κ3) is 4.68. The molecular weight excluding hydrogens is 184 g/mol. The first-order valence-electron chi connectivity index (χ1n) is 5.66. The van der Waals surface area contributed by atoms with Gasteiger partial charge in [-0.3, -0.25) is 0 Å². The largest absolute Gasteiger partial charge is 0.494 e. The first-order valence-corrected chi connectivity index (χ1v) is 5.66. The Balaban J connectivity index is 0.000000442. The molecule has 0 aromatic carbocycles. The normalized spacial score (nSPS) is 17.2. The zero-order chi connectivity index (χ0) is 11.5. The molecule has 0 atom stereocenters. The molecular formula is C14H22O. The molecule has 2 rings (SSSR count). The average molecular weight is 206 g/mol. The second-order valence-electron chi connectivity index (χ2n) is 2.88. The van der Waals surface area contributed by atoms with Gasteiger partial charge in [-0.2, -0.15) is 0 Å². The van der Waals surface area contributed by atoms with Crippen molar-refractivity contribution in [2.45, 2.75) is 33.1 Å². The molecule has 1 fully saturated rings. The van der Waals surface area contributed by atoms with Gasteiger partial charge in [0, 0.05) is 0 Å². The number of hydrogen-bond donors (Lipinski definition) is 0. The fourth-order valence-electron chi connectivity index (χ4n) is 1.45. The Bertz CT molecular complexity index is 246. The summed E-state index contributed by atoms with van der Waals surface area (Å²) in [5.74, 6) is 1.11. The number of allylic oxidation sites excluding steroid dienone is 5. The first kappa shape index (κ1) is 13.8. The summed E-state index contributed by atoms with van der Waals surface area (Å²) >= 11 is 0. The van der Waals surface area contributed by atoms with Crippen LogP contribution < -0.4 is 0 Å². The minimum atomic E-state index is 0.892. The summed E-state index contributed by atoms with van der Waals surface area (Å²) < 4.78 is 5.51. The lowest BCUT2D eigenvalue weighted by Gasteiger charge is -2.18. The van der Waals surface area contributed by atoms with E-state index in [1.165, 1.54) is 12.0 Å². The Hall–Kier alpha value is -1.24. The summed E-state index contributed by atoms with van der Waals surface area (Å²) in [6, 6.07) is 0. The Morgan fingerprint density at radius 2 is 2.00 bits per heavy atom. The Labute approximate surface area is 93.8 Å². The van der Waals surface area contributed by atoms with Crippen LogP contribution in [0, 0.1) is 0 Å². The van der Waals surface area contributed by atoms with Gasteiger partial charge >= 0.3 is 0 Å². The van der Waals surface area contributed by atoms with E-state index in [0.717, 1.165) is 25.2 Å². The van der Waals surface area contributed by atoms with Crippen LogP contribution in [0.15, 0.2) is 48.8 Å². The highest BCUT2D eigenvalue weighted by atomic mass is 16.5. The molecule has 1 saturated heterocycles. The van der Waals surface area contributed by atoms with E-state index in [1.54, 1.807) is 0 Å². The molecule has 0 radical (unpaired) electrons. The van der Waals surface area contributed by atoms with Crippen molar-refractivity contribution in [2.24, 2.45) is 0 Å². The molecule has 0 amide bonds. The van der Waals surface area contributed by atoms with E-state index >= 15 is 0 Å². The van der Waals surface area contributed by atoms with Gasteiger partial charge < -0.3 is 4.74 Å². The van der Waals surface area contributed by atoms with Crippen LogP contribution in [0.5, 0.6) is 0 Å². The van der Waals surface area contributed by atoms with Crippen LogP contribution in [0.1, 0.15) is 33.1 Å². The predicted octanol–water partition coefficient (Wildman–Crippen LogP) is 4.40. The van der Waals surface area contributed by atoms with E-state index < -0.39 is 0 Å². The summed E-state index contributed by atoms with van der Waals surface area (Å²) in [4.78, 5) is 0. The maximum Gasteiger partial charge on any atom is 0.118 e. The van der Waals surface area contributed by atoms with E-state index in [-0.39, 0.29) is 0 Å². The van der Waals surface area contributed by atoms with E-state index in [4.69, 9.17) is 4.74 Å². The third-order valence-corrected chi connectivity index (χ3v) is 2.04. The molecule has 0 spiro atoms. The molecule has 0 saturated carbocycles. The Morgan fingerprint density at radius 1 is 1.27 bits per heavy atom. The average Bonchev–Trinajstić information content (AvgIpc) is 2.59. The number of hydrogen-bond acceptors (Lipinski definition) is 1. The van der Waals surface area contributed by atoms with Gasteiger partial charge in [0.05, 0.1) is 6.61 Å².